The molecule has 0 aromatic heterocycles. The molecule has 7 heteroatoms. The summed E-state index contributed by atoms with van der Waals surface area (Å²) in [4.78, 5) is 19.0. The van der Waals surface area contributed by atoms with E-state index in [9.17, 15) is 4.79 Å². The van der Waals surface area contributed by atoms with E-state index < -0.39 is 0 Å². The van der Waals surface area contributed by atoms with Crippen LogP contribution in [0, 0.1) is 5.41 Å². The summed E-state index contributed by atoms with van der Waals surface area (Å²) < 4.78 is 10.8. The second kappa shape index (κ2) is 11.2. The molecule has 1 saturated carbocycles. The van der Waals surface area contributed by atoms with E-state index in [0.29, 0.717) is 6.54 Å². The molecule has 0 radical (unpaired) electrons. The Bertz CT molecular complexity index is 716. The van der Waals surface area contributed by atoms with Gasteiger partial charge in [0.1, 0.15) is 5.75 Å². The number of ether oxygens (including phenoxy) is 2. The van der Waals surface area contributed by atoms with Crippen LogP contribution in [0.2, 0.25) is 0 Å². The van der Waals surface area contributed by atoms with E-state index in [0.717, 1.165) is 56.5 Å². The van der Waals surface area contributed by atoms with Gasteiger partial charge in [0.25, 0.3) is 5.91 Å². The minimum absolute atomic E-state index is 0.00981. The summed E-state index contributed by atoms with van der Waals surface area (Å²) in [6.07, 6.45) is 6.95. The number of rotatable bonds is 10. The van der Waals surface area contributed by atoms with Gasteiger partial charge in [-0.15, -0.1) is 0 Å². The maximum atomic E-state index is 12.3. The van der Waals surface area contributed by atoms with Crippen LogP contribution in [-0.4, -0.2) is 58.4 Å². The second-order valence-electron chi connectivity index (χ2n) is 8.23. The Kier molecular flexibility index (Phi) is 8.37. The van der Waals surface area contributed by atoms with Crippen LogP contribution in [0.4, 0.5) is 5.69 Å². The molecule has 0 atom stereocenters. The molecule has 1 aliphatic carbocycles. The van der Waals surface area contributed by atoms with Gasteiger partial charge >= 0.3 is 0 Å². The third kappa shape index (κ3) is 5.88. The maximum absolute atomic E-state index is 12.3. The first-order chi connectivity index (χ1) is 14.7. The number of benzene rings is 1. The van der Waals surface area contributed by atoms with Crippen molar-refractivity contribution < 1.29 is 14.3 Å². The lowest BCUT2D eigenvalue weighted by atomic mass is 9.83. The summed E-state index contributed by atoms with van der Waals surface area (Å²) in [6, 6.07) is 7.71. The predicted octanol–water partition coefficient (Wildman–Crippen LogP) is 2.95. The van der Waals surface area contributed by atoms with E-state index in [1.54, 1.807) is 7.11 Å². The van der Waals surface area contributed by atoms with Crippen LogP contribution >= 0.6 is 0 Å². The van der Waals surface area contributed by atoms with Crippen LogP contribution in [0.3, 0.4) is 0 Å². The lowest BCUT2D eigenvalue weighted by Crippen LogP contribution is -2.42. The largest absolute Gasteiger partial charge is 0.482 e. The van der Waals surface area contributed by atoms with Crippen LogP contribution in [0.25, 0.3) is 0 Å². The van der Waals surface area contributed by atoms with Crippen LogP contribution < -0.4 is 20.3 Å². The van der Waals surface area contributed by atoms with E-state index in [2.05, 4.69) is 17.6 Å². The number of aliphatic imine (C=N–C) groups is 1. The molecule has 30 heavy (non-hydrogen) atoms. The molecule has 0 saturated heterocycles. The monoisotopic (exact) mass is 416 g/mol. The van der Waals surface area contributed by atoms with Crippen molar-refractivity contribution in [3.63, 3.8) is 0 Å². The summed E-state index contributed by atoms with van der Waals surface area (Å²) in [5.74, 6) is 1.64. The van der Waals surface area contributed by atoms with E-state index >= 15 is 0 Å². The van der Waals surface area contributed by atoms with Crippen molar-refractivity contribution in [3.8, 4) is 5.75 Å². The fourth-order valence-electron chi connectivity index (χ4n) is 4.36. The Balaban J connectivity index is 1.51. The molecule has 1 fully saturated rings. The van der Waals surface area contributed by atoms with Gasteiger partial charge < -0.3 is 25.0 Å². The van der Waals surface area contributed by atoms with Crippen molar-refractivity contribution in [1.82, 2.24) is 10.6 Å². The number of methoxy groups -OCH3 is 1. The normalized spacial score (nSPS) is 18.1. The van der Waals surface area contributed by atoms with Gasteiger partial charge in [0.15, 0.2) is 12.6 Å². The lowest BCUT2D eigenvalue weighted by Gasteiger charge is -2.29. The molecule has 3 rings (SSSR count). The van der Waals surface area contributed by atoms with Gasteiger partial charge in [-0.2, -0.15) is 0 Å². The van der Waals surface area contributed by atoms with E-state index in [1.165, 1.54) is 25.7 Å². The highest BCUT2D eigenvalue weighted by molar-refractivity contribution is 5.97. The number of hydrogen-bond donors (Lipinski definition) is 2. The number of anilines is 1. The highest BCUT2D eigenvalue weighted by Gasteiger charge is 2.33. The van der Waals surface area contributed by atoms with E-state index in [1.807, 2.05) is 29.2 Å². The first kappa shape index (κ1) is 22.4. The topological polar surface area (TPSA) is 75.2 Å². The van der Waals surface area contributed by atoms with Crippen molar-refractivity contribution in [3.05, 3.63) is 24.3 Å². The maximum Gasteiger partial charge on any atom is 0.265 e. The van der Waals surface area contributed by atoms with Gasteiger partial charge in [0.05, 0.1) is 5.69 Å². The molecule has 166 valence electrons. The van der Waals surface area contributed by atoms with Gasteiger partial charge in [0, 0.05) is 39.9 Å². The molecule has 1 amide bonds. The Morgan fingerprint density at radius 3 is 2.83 bits per heavy atom. The van der Waals surface area contributed by atoms with Crippen molar-refractivity contribution in [1.29, 1.82) is 0 Å². The number of amides is 1. The number of carbonyl (C=O) groups excluding carboxylic acids is 1. The summed E-state index contributed by atoms with van der Waals surface area (Å²) in [5.41, 5.74) is 1.14. The van der Waals surface area contributed by atoms with E-state index in [-0.39, 0.29) is 17.9 Å². The summed E-state index contributed by atoms with van der Waals surface area (Å²) in [5, 5.41) is 6.78. The van der Waals surface area contributed by atoms with Gasteiger partial charge in [-0.25, -0.2) is 0 Å². The van der Waals surface area contributed by atoms with Gasteiger partial charge in [0.2, 0.25) is 0 Å². The first-order valence-electron chi connectivity index (χ1n) is 11.2. The fraction of sp³-hybridized carbons (Fsp3) is 0.652. The first-order valence-corrected chi connectivity index (χ1v) is 11.2. The molecule has 2 aliphatic rings. The van der Waals surface area contributed by atoms with Gasteiger partial charge in [-0.05, 0) is 50.2 Å². The minimum Gasteiger partial charge on any atom is -0.482 e. The van der Waals surface area contributed by atoms with Gasteiger partial charge in [-0.3, -0.25) is 9.79 Å². The Morgan fingerprint density at radius 2 is 2.07 bits per heavy atom. The lowest BCUT2D eigenvalue weighted by molar-refractivity contribution is -0.121. The SMILES string of the molecule is CCNC(=NCC1(CCOC)CCCC1)NCCCN1C(=O)COc2ccccc21. The number of nitrogens with zero attached hydrogens (tertiary/aromatic N) is 2. The summed E-state index contributed by atoms with van der Waals surface area (Å²) in [6.45, 7) is 6.06. The Labute approximate surface area is 180 Å². The Morgan fingerprint density at radius 1 is 1.27 bits per heavy atom. The average Bonchev–Trinajstić information content (AvgIpc) is 3.24. The molecule has 1 aliphatic heterocycles. The smallest absolute Gasteiger partial charge is 0.265 e. The fourth-order valence-corrected chi connectivity index (χ4v) is 4.36. The zero-order valence-corrected chi connectivity index (χ0v) is 18.4. The average molecular weight is 417 g/mol. The number of para-hydroxylation sites is 2. The van der Waals surface area contributed by atoms with Crippen LogP contribution in [0.1, 0.15) is 45.4 Å². The standard InChI is InChI=1S/C23H36N4O3/c1-3-24-22(26-18-23(13-16-29-2)11-6-7-12-23)25-14-8-15-27-19-9-4-5-10-20(19)30-17-21(27)28/h4-5,9-10H,3,6-8,11-18H2,1-2H3,(H2,24,25,26). The highest BCUT2D eigenvalue weighted by Crippen LogP contribution is 2.41. The molecule has 0 spiro atoms. The molecule has 1 aromatic carbocycles. The molecule has 0 bridgehead atoms. The van der Waals surface area contributed by atoms with Crippen molar-refractivity contribution in [2.45, 2.75) is 45.4 Å². The quantitative estimate of drug-likeness (QED) is 0.348. The van der Waals surface area contributed by atoms with Gasteiger partial charge in [-0.1, -0.05) is 25.0 Å². The number of fused-ring (bicyclic) bond motifs is 1. The van der Waals surface area contributed by atoms with Crippen LogP contribution in [0.5, 0.6) is 5.75 Å². The van der Waals surface area contributed by atoms with Crippen molar-refractivity contribution >= 4 is 17.6 Å². The summed E-state index contributed by atoms with van der Waals surface area (Å²) in [7, 11) is 1.77. The number of nitrogens with one attached hydrogen (secondary N) is 2. The molecule has 0 unspecified atom stereocenters. The van der Waals surface area contributed by atoms with Crippen LogP contribution in [-0.2, 0) is 9.53 Å². The molecule has 7 nitrogen and oxygen atoms in total. The zero-order chi connectivity index (χ0) is 21.2. The highest BCUT2D eigenvalue weighted by atomic mass is 16.5. The molecule has 1 aromatic rings. The molecule has 2 N–H and O–H groups in total. The second-order valence-corrected chi connectivity index (χ2v) is 8.23. The summed E-state index contributed by atoms with van der Waals surface area (Å²) >= 11 is 0. The predicted molar refractivity (Wildman–Crippen MR) is 120 cm³/mol. The minimum atomic E-state index is 0.00981. The third-order valence-electron chi connectivity index (χ3n) is 6.08. The van der Waals surface area contributed by atoms with Crippen LogP contribution in [0.15, 0.2) is 29.3 Å². The number of hydrogen-bond acceptors (Lipinski definition) is 4. The third-order valence-corrected chi connectivity index (χ3v) is 6.08. The molecule has 1 heterocycles. The number of guanidine groups is 1. The zero-order valence-electron chi connectivity index (χ0n) is 18.4. The van der Waals surface area contributed by atoms with Crippen molar-refractivity contribution in [2.75, 3.05) is 51.4 Å². The number of carbonyl (C=O) groups is 1. The van der Waals surface area contributed by atoms with E-state index in [4.69, 9.17) is 14.5 Å². The molecular formula is C23H36N4O3. The van der Waals surface area contributed by atoms with Crippen molar-refractivity contribution in [2.24, 2.45) is 10.4 Å². The molecular weight excluding hydrogens is 380 g/mol. The Hall–Kier alpha value is -2.28.